The van der Waals surface area contributed by atoms with Crippen molar-refractivity contribution in [2.75, 3.05) is 26.0 Å². The van der Waals surface area contributed by atoms with Gasteiger partial charge < -0.3 is 10.1 Å². The maximum absolute atomic E-state index is 12.0. The van der Waals surface area contributed by atoms with Gasteiger partial charge in [-0.25, -0.2) is 0 Å². The first-order chi connectivity index (χ1) is 8.29. The number of carbonyl (C=O) groups is 1. The van der Waals surface area contributed by atoms with Crippen LogP contribution in [0.4, 0.5) is 0 Å². The molecule has 1 aromatic carbocycles. The van der Waals surface area contributed by atoms with Gasteiger partial charge in [0.2, 0.25) is 0 Å². The fourth-order valence-electron chi connectivity index (χ4n) is 1.85. The number of morpholine rings is 1. The Bertz CT molecular complexity index is 372. The number of hydrogen-bond donors (Lipinski definition) is 1. The van der Waals surface area contributed by atoms with E-state index in [0.717, 1.165) is 18.7 Å². The molecule has 4 heteroatoms. The Morgan fingerprint density at radius 2 is 2.24 bits per heavy atom. The number of thioether (sulfide) groups is 1. The predicted octanol–water partition coefficient (Wildman–Crippen LogP) is 1.97. The highest BCUT2D eigenvalue weighted by molar-refractivity contribution is 7.98. The number of Topliss-reactive ketones (excluding diaryl/α,β-unsaturated/α-hetero) is 1. The minimum Gasteiger partial charge on any atom is -0.375 e. The van der Waals surface area contributed by atoms with Gasteiger partial charge in [0, 0.05) is 30.0 Å². The van der Waals surface area contributed by atoms with Crippen LogP contribution in [0.1, 0.15) is 16.8 Å². The molecule has 0 bridgehead atoms. The molecular weight excluding hydrogens is 234 g/mol. The molecule has 0 spiro atoms. The zero-order chi connectivity index (χ0) is 12.1. The van der Waals surface area contributed by atoms with Crippen molar-refractivity contribution in [3.8, 4) is 0 Å². The summed E-state index contributed by atoms with van der Waals surface area (Å²) in [5.41, 5.74) is 0.775. The summed E-state index contributed by atoms with van der Waals surface area (Å²) >= 11 is 1.68. The third kappa shape index (κ3) is 3.56. The second-order valence-electron chi connectivity index (χ2n) is 4.05. The number of ketones is 1. The molecule has 0 aromatic heterocycles. The molecule has 2 rings (SSSR count). The highest BCUT2D eigenvalue weighted by Gasteiger charge is 2.18. The lowest BCUT2D eigenvalue weighted by Gasteiger charge is -2.22. The minimum absolute atomic E-state index is 0.0245. The van der Waals surface area contributed by atoms with Gasteiger partial charge in [-0.3, -0.25) is 4.79 Å². The molecule has 1 atom stereocenters. The van der Waals surface area contributed by atoms with Crippen LogP contribution in [0.5, 0.6) is 0 Å². The molecule has 1 aromatic rings. The van der Waals surface area contributed by atoms with E-state index in [1.807, 2.05) is 30.5 Å². The maximum Gasteiger partial charge on any atom is 0.165 e. The molecule has 3 nitrogen and oxygen atoms in total. The Kier molecular flexibility index (Phi) is 4.59. The zero-order valence-electron chi connectivity index (χ0n) is 9.94. The number of hydrogen-bond acceptors (Lipinski definition) is 4. The highest BCUT2D eigenvalue weighted by atomic mass is 32.2. The third-order valence-electron chi connectivity index (χ3n) is 2.83. The summed E-state index contributed by atoms with van der Waals surface area (Å²) in [4.78, 5) is 13.2. The Morgan fingerprint density at radius 1 is 1.47 bits per heavy atom. The molecule has 1 aliphatic heterocycles. The molecule has 0 aliphatic carbocycles. The summed E-state index contributed by atoms with van der Waals surface area (Å²) in [7, 11) is 0. The second-order valence-corrected chi connectivity index (χ2v) is 4.93. The second kappa shape index (κ2) is 6.19. The normalized spacial score (nSPS) is 20.2. The number of nitrogens with one attached hydrogen (secondary N) is 1. The summed E-state index contributed by atoms with van der Waals surface area (Å²) in [5, 5.41) is 3.23. The Labute approximate surface area is 106 Å². The number of benzene rings is 1. The van der Waals surface area contributed by atoms with E-state index in [9.17, 15) is 4.79 Å². The lowest BCUT2D eigenvalue weighted by atomic mass is 10.0. The predicted molar refractivity (Wildman–Crippen MR) is 69.8 cm³/mol. The highest BCUT2D eigenvalue weighted by Crippen LogP contribution is 2.16. The van der Waals surface area contributed by atoms with E-state index in [1.54, 1.807) is 11.8 Å². The van der Waals surface area contributed by atoms with Crippen LogP contribution in [0.3, 0.4) is 0 Å². The van der Waals surface area contributed by atoms with E-state index in [4.69, 9.17) is 4.74 Å². The van der Waals surface area contributed by atoms with Crippen molar-refractivity contribution >= 4 is 17.5 Å². The van der Waals surface area contributed by atoms with Gasteiger partial charge >= 0.3 is 0 Å². The van der Waals surface area contributed by atoms with Crippen LogP contribution in [-0.4, -0.2) is 37.8 Å². The fraction of sp³-hybridized carbons (Fsp3) is 0.462. The molecule has 1 N–H and O–H groups in total. The number of ether oxygens (including phenoxy) is 1. The lowest BCUT2D eigenvalue weighted by Crippen LogP contribution is -2.39. The molecule has 17 heavy (non-hydrogen) atoms. The minimum atomic E-state index is 0.0245. The van der Waals surface area contributed by atoms with Crippen molar-refractivity contribution in [2.45, 2.75) is 17.4 Å². The Balaban J connectivity index is 1.93. The van der Waals surface area contributed by atoms with Crippen LogP contribution in [0.2, 0.25) is 0 Å². The number of rotatable bonds is 4. The van der Waals surface area contributed by atoms with Crippen LogP contribution < -0.4 is 5.32 Å². The molecule has 92 valence electrons. The van der Waals surface area contributed by atoms with Crippen molar-refractivity contribution in [2.24, 2.45) is 0 Å². The molecule has 0 amide bonds. The van der Waals surface area contributed by atoms with Crippen LogP contribution in [-0.2, 0) is 4.74 Å². The molecule has 1 saturated heterocycles. The molecule has 1 fully saturated rings. The summed E-state index contributed by atoms with van der Waals surface area (Å²) in [6.45, 7) is 2.35. The Morgan fingerprint density at radius 3 is 2.82 bits per heavy atom. The van der Waals surface area contributed by atoms with Gasteiger partial charge in [0.25, 0.3) is 0 Å². The SMILES string of the molecule is CSc1ccc(C(=O)CC2CNCCO2)cc1. The summed E-state index contributed by atoms with van der Waals surface area (Å²) in [6, 6.07) is 7.75. The van der Waals surface area contributed by atoms with Crippen molar-refractivity contribution in [3.05, 3.63) is 29.8 Å². The molecule has 0 radical (unpaired) electrons. The molecule has 1 heterocycles. The van der Waals surface area contributed by atoms with E-state index >= 15 is 0 Å². The smallest absolute Gasteiger partial charge is 0.165 e. The average Bonchev–Trinajstić information content (AvgIpc) is 2.40. The van der Waals surface area contributed by atoms with Gasteiger partial charge in [-0.05, 0) is 18.4 Å². The molecular formula is C13H17NO2S. The van der Waals surface area contributed by atoms with Gasteiger partial charge in [-0.1, -0.05) is 12.1 Å². The van der Waals surface area contributed by atoms with Crippen molar-refractivity contribution in [1.29, 1.82) is 0 Å². The maximum atomic E-state index is 12.0. The van der Waals surface area contributed by atoms with Crippen LogP contribution in [0.25, 0.3) is 0 Å². The quantitative estimate of drug-likeness (QED) is 0.656. The molecule has 1 unspecified atom stereocenters. The van der Waals surface area contributed by atoms with Gasteiger partial charge in [0.15, 0.2) is 5.78 Å². The van der Waals surface area contributed by atoms with Crippen LogP contribution in [0.15, 0.2) is 29.2 Å². The first-order valence-corrected chi connectivity index (χ1v) is 7.01. The topological polar surface area (TPSA) is 38.3 Å². The van der Waals surface area contributed by atoms with Gasteiger partial charge in [-0.2, -0.15) is 0 Å². The summed E-state index contributed by atoms with van der Waals surface area (Å²) in [6.07, 6.45) is 2.51. The van der Waals surface area contributed by atoms with Crippen LogP contribution in [0, 0.1) is 0 Å². The summed E-state index contributed by atoms with van der Waals surface area (Å²) < 4.78 is 5.53. The summed E-state index contributed by atoms with van der Waals surface area (Å²) in [5.74, 6) is 0.159. The fourth-order valence-corrected chi connectivity index (χ4v) is 2.26. The third-order valence-corrected chi connectivity index (χ3v) is 3.57. The van der Waals surface area contributed by atoms with E-state index < -0.39 is 0 Å². The first-order valence-electron chi connectivity index (χ1n) is 5.79. The van der Waals surface area contributed by atoms with Crippen LogP contribution >= 0.6 is 11.8 Å². The molecule has 1 aliphatic rings. The monoisotopic (exact) mass is 251 g/mol. The van der Waals surface area contributed by atoms with Crippen molar-refractivity contribution < 1.29 is 9.53 Å². The van der Waals surface area contributed by atoms with Gasteiger partial charge in [0.05, 0.1) is 12.7 Å². The lowest BCUT2D eigenvalue weighted by molar-refractivity contribution is 0.0240. The Hall–Kier alpha value is -0.840. The average molecular weight is 251 g/mol. The van der Waals surface area contributed by atoms with Gasteiger partial charge in [-0.15, -0.1) is 11.8 Å². The van der Waals surface area contributed by atoms with E-state index in [0.29, 0.717) is 13.0 Å². The standard InChI is InChI=1S/C13H17NO2S/c1-17-12-4-2-10(3-5-12)13(15)8-11-9-14-6-7-16-11/h2-5,11,14H,6-9H2,1H3. The zero-order valence-corrected chi connectivity index (χ0v) is 10.8. The van der Waals surface area contributed by atoms with E-state index in [-0.39, 0.29) is 11.9 Å². The number of carbonyl (C=O) groups excluding carboxylic acids is 1. The van der Waals surface area contributed by atoms with Crippen molar-refractivity contribution in [3.63, 3.8) is 0 Å². The molecule has 0 saturated carbocycles. The first kappa shape index (κ1) is 12.6. The van der Waals surface area contributed by atoms with E-state index in [1.165, 1.54) is 4.90 Å². The van der Waals surface area contributed by atoms with Crippen molar-refractivity contribution in [1.82, 2.24) is 5.32 Å². The van der Waals surface area contributed by atoms with E-state index in [2.05, 4.69) is 5.32 Å². The van der Waals surface area contributed by atoms with Gasteiger partial charge in [0.1, 0.15) is 0 Å². The largest absolute Gasteiger partial charge is 0.375 e.